The predicted octanol–water partition coefficient (Wildman–Crippen LogP) is 5.46. The molecule has 6 rings (SSSR count). The summed E-state index contributed by atoms with van der Waals surface area (Å²) in [6, 6.07) is 25.4. The second kappa shape index (κ2) is 7.56. The predicted molar refractivity (Wildman–Crippen MR) is 135 cm³/mol. The van der Waals surface area contributed by atoms with Crippen LogP contribution in [0.15, 0.2) is 83.7 Å². The zero-order valence-corrected chi connectivity index (χ0v) is 18.9. The first kappa shape index (κ1) is 20.2. The molecule has 0 atom stereocenters. The molecular weight excluding hydrogens is 424 g/mol. The Morgan fingerprint density at radius 2 is 1.62 bits per heavy atom. The number of hydrogen-bond donors (Lipinski definition) is 1. The van der Waals surface area contributed by atoms with Crippen molar-refractivity contribution >= 4 is 38.6 Å². The number of rotatable bonds is 3. The van der Waals surface area contributed by atoms with Crippen LogP contribution in [0.4, 0.5) is 0 Å². The number of carbonyl (C=O) groups excluding carboxylic acids is 1. The van der Waals surface area contributed by atoms with Crippen molar-refractivity contribution in [3.8, 4) is 11.3 Å². The van der Waals surface area contributed by atoms with Crippen LogP contribution in [0.5, 0.6) is 0 Å². The first-order valence-electron chi connectivity index (χ1n) is 11.2. The van der Waals surface area contributed by atoms with Gasteiger partial charge in [-0.2, -0.15) is 5.10 Å². The summed E-state index contributed by atoms with van der Waals surface area (Å²) < 4.78 is 2.93. The van der Waals surface area contributed by atoms with E-state index in [-0.39, 0.29) is 18.0 Å². The molecule has 6 heteroatoms. The molecule has 0 bridgehead atoms. The number of fused-ring (bicyclic) bond motifs is 5. The quantitative estimate of drug-likeness (QED) is 0.393. The minimum atomic E-state index is -0.270. The van der Waals surface area contributed by atoms with Gasteiger partial charge in [0.2, 0.25) is 0 Å². The summed E-state index contributed by atoms with van der Waals surface area (Å²) in [6.45, 7) is 3.77. The smallest absolute Gasteiger partial charge is 0.267 e. The molecule has 0 unspecified atom stereocenters. The van der Waals surface area contributed by atoms with E-state index in [0.29, 0.717) is 11.0 Å². The van der Waals surface area contributed by atoms with Gasteiger partial charge >= 0.3 is 0 Å². The molecule has 3 aromatic heterocycles. The third-order valence-electron chi connectivity index (χ3n) is 6.36. The van der Waals surface area contributed by atoms with E-state index in [4.69, 9.17) is 0 Å². The molecule has 0 amide bonds. The molecule has 3 heterocycles. The number of hydrogen-bond acceptors (Lipinski definition) is 3. The summed E-state index contributed by atoms with van der Waals surface area (Å²) in [5, 5.41) is 8.00. The van der Waals surface area contributed by atoms with Crippen LogP contribution in [0, 0.1) is 13.8 Å². The molecule has 3 aromatic carbocycles. The van der Waals surface area contributed by atoms with Crippen LogP contribution in [0.3, 0.4) is 0 Å². The highest BCUT2D eigenvalue weighted by Gasteiger charge is 2.20. The maximum absolute atomic E-state index is 13.5. The van der Waals surface area contributed by atoms with Gasteiger partial charge in [-0.05, 0) is 43.5 Å². The molecule has 6 aromatic rings. The third kappa shape index (κ3) is 3.07. The van der Waals surface area contributed by atoms with E-state index >= 15 is 0 Å². The number of aryl methyl sites for hydroxylation is 2. The molecule has 0 aliphatic rings. The molecule has 34 heavy (non-hydrogen) atoms. The van der Waals surface area contributed by atoms with Crippen molar-refractivity contribution in [3.63, 3.8) is 0 Å². The summed E-state index contributed by atoms with van der Waals surface area (Å²) >= 11 is 0. The van der Waals surface area contributed by atoms with E-state index in [2.05, 4.69) is 16.1 Å². The first-order chi connectivity index (χ1) is 16.5. The molecule has 0 fully saturated rings. The lowest BCUT2D eigenvalue weighted by atomic mass is 10.1. The Morgan fingerprint density at radius 3 is 2.41 bits per heavy atom. The van der Waals surface area contributed by atoms with Crippen molar-refractivity contribution in [3.05, 3.63) is 100 Å². The van der Waals surface area contributed by atoms with Crippen molar-refractivity contribution in [1.29, 1.82) is 0 Å². The van der Waals surface area contributed by atoms with Gasteiger partial charge in [0.15, 0.2) is 0 Å². The monoisotopic (exact) mass is 446 g/mol. The Bertz CT molecular complexity index is 1790. The van der Waals surface area contributed by atoms with Crippen molar-refractivity contribution in [1.82, 2.24) is 19.3 Å². The average Bonchev–Trinajstić information content (AvgIpc) is 3.43. The number of carbonyl (C=O) groups is 1. The van der Waals surface area contributed by atoms with E-state index in [0.717, 1.165) is 44.2 Å². The lowest BCUT2D eigenvalue weighted by Crippen LogP contribution is -2.28. The summed E-state index contributed by atoms with van der Waals surface area (Å²) in [7, 11) is 0. The molecule has 0 spiro atoms. The number of benzene rings is 3. The summed E-state index contributed by atoms with van der Waals surface area (Å²) in [4.78, 5) is 30.3. The number of nitrogens with one attached hydrogen (secondary N) is 1. The highest BCUT2D eigenvalue weighted by Crippen LogP contribution is 2.31. The van der Waals surface area contributed by atoms with Crippen LogP contribution < -0.4 is 5.56 Å². The highest BCUT2D eigenvalue weighted by molar-refractivity contribution is 6.19. The normalized spacial score (nSPS) is 11.6. The maximum atomic E-state index is 13.5. The molecule has 166 valence electrons. The topological polar surface area (TPSA) is 72.7 Å². The lowest BCUT2D eigenvalue weighted by molar-refractivity contribution is 0.0873. The Balaban J connectivity index is 1.53. The molecule has 0 aliphatic heterocycles. The van der Waals surface area contributed by atoms with Gasteiger partial charge < -0.3 is 4.98 Å². The van der Waals surface area contributed by atoms with Crippen molar-refractivity contribution in [2.45, 2.75) is 20.4 Å². The van der Waals surface area contributed by atoms with Crippen molar-refractivity contribution in [2.24, 2.45) is 0 Å². The number of aromatic amines is 1. The minimum absolute atomic E-state index is 0.122. The maximum Gasteiger partial charge on any atom is 0.267 e. The van der Waals surface area contributed by atoms with E-state index in [1.807, 2.05) is 86.6 Å². The summed E-state index contributed by atoms with van der Waals surface area (Å²) in [6.07, 6.45) is 0. The van der Waals surface area contributed by atoms with E-state index in [9.17, 15) is 9.59 Å². The van der Waals surface area contributed by atoms with Gasteiger partial charge in [0.25, 0.3) is 11.5 Å². The van der Waals surface area contributed by atoms with Gasteiger partial charge in [-0.1, -0.05) is 60.2 Å². The van der Waals surface area contributed by atoms with Gasteiger partial charge in [0.05, 0.1) is 5.69 Å². The summed E-state index contributed by atoms with van der Waals surface area (Å²) in [5.74, 6) is -0.270. The molecule has 1 N–H and O–H groups in total. The number of nitrogens with zero attached hydrogens (tertiary/aromatic N) is 3. The van der Waals surface area contributed by atoms with Crippen molar-refractivity contribution in [2.75, 3.05) is 0 Å². The average molecular weight is 447 g/mol. The van der Waals surface area contributed by atoms with Gasteiger partial charge in [-0.25, -0.2) is 4.68 Å². The van der Waals surface area contributed by atoms with E-state index in [1.54, 1.807) is 4.57 Å². The molecular formula is C28H22N4O2. The number of H-pyrrole nitrogens is 1. The molecule has 0 saturated carbocycles. The Kier molecular flexibility index (Phi) is 4.48. The van der Waals surface area contributed by atoms with Crippen LogP contribution in [0.25, 0.3) is 44.0 Å². The van der Waals surface area contributed by atoms with Gasteiger partial charge in [-0.3, -0.25) is 14.2 Å². The van der Waals surface area contributed by atoms with E-state index in [1.165, 1.54) is 4.68 Å². The van der Waals surface area contributed by atoms with Gasteiger partial charge in [-0.15, -0.1) is 0 Å². The van der Waals surface area contributed by atoms with Gasteiger partial charge in [0.1, 0.15) is 12.2 Å². The SMILES string of the molecule is Cc1ccc2[nH]c3c(c2c1)c1ccccc1c(=O)n3CC(=O)n1nc(-c2ccccc2)cc1C. The zero-order chi connectivity index (χ0) is 23.4. The molecule has 6 nitrogen and oxygen atoms in total. The Hall–Kier alpha value is -4.45. The van der Waals surface area contributed by atoms with Crippen LogP contribution >= 0.6 is 0 Å². The molecule has 0 saturated heterocycles. The summed E-state index contributed by atoms with van der Waals surface area (Å²) in [5.41, 5.74) is 4.89. The standard InChI is InChI=1S/C28H22N4O2/c1-17-12-13-23-22(14-17)26-20-10-6-7-11-21(20)28(34)31(27(26)29-23)16-25(33)32-18(2)15-24(30-32)19-8-4-3-5-9-19/h3-15,29H,16H2,1-2H3. The minimum Gasteiger partial charge on any atom is -0.340 e. The van der Waals surface area contributed by atoms with Gasteiger partial charge in [0, 0.05) is 32.9 Å². The van der Waals surface area contributed by atoms with Crippen LogP contribution in [0.2, 0.25) is 0 Å². The fourth-order valence-corrected chi connectivity index (χ4v) is 4.73. The van der Waals surface area contributed by atoms with Crippen LogP contribution in [-0.4, -0.2) is 25.2 Å². The number of pyridine rings is 1. The second-order valence-corrected chi connectivity index (χ2v) is 8.68. The zero-order valence-electron chi connectivity index (χ0n) is 18.9. The van der Waals surface area contributed by atoms with Crippen LogP contribution in [0.1, 0.15) is 16.1 Å². The number of aromatic nitrogens is 4. The second-order valence-electron chi connectivity index (χ2n) is 8.68. The third-order valence-corrected chi connectivity index (χ3v) is 6.36. The fourth-order valence-electron chi connectivity index (χ4n) is 4.73. The van der Waals surface area contributed by atoms with Crippen molar-refractivity contribution < 1.29 is 4.79 Å². The molecule has 0 radical (unpaired) electrons. The fraction of sp³-hybridized carbons (Fsp3) is 0.107. The highest BCUT2D eigenvalue weighted by atomic mass is 16.2. The first-order valence-corrected chi connectivity index (χ1v) is 11.2. The molecule has 0 aliphatic carbocycles. The lowest BCUT2D eigenvalue weighted by Gasteiger charge is -2.11. The van der Waals surface area contributed by atoms with E-state index < -0.39 is 0 Å². The van der Waals surface area contributed by atoms with Crippen LogP contribution in [-0.2, 0) is 6.54 Å². The Morgan fingerprint density at radius 1 is 0.882 bits per heavy atom. The largest absolute Gasteiger partial charge is 0.340 e. The Labute approximate surface area is 195 Å².